The summed E-state index contributed by atoms with van der Waals surface area (Å²) in [5.74, 6) is -0.836. The third kappa shape index (κ3) is 5.55. The lowest BCUT2D eigenvalue weighted by atomic mass is 9.89. The highest BCUT2D eigenvalue weighted by atomic mass is 79.9. The van der Waals surface area contributed by atoms with Crippen molar-refractivity contribution < 1.29 is 14.5 Å². The molecular formula is C17H22BrClN4O4. The standard InChI is InChI=1S/C17H22BrClN4O4/c1-2-20-17(25)11-7-10(18)8-14(23(26)27)16(11)22-13-6-4-3-5-12(13)21-15(24)9-19/h7-8,12-13,22H,2-6,9H2,1H3,(H,20,25)(H,21,24)/t12-,13+/m0/s1. The van der Waals surface area contributed by atoms with E-state index >= 15 is 0 Å². The molecule has 2 amide bonds. The van der Waals surface area contributed by atoms with E-state index in [1.54, 1.807) is 13.0 Å². The van der Waals surface area contributed by atoms with Gasteiger partial charge >= 0.3 is 0 Å². The van der Waals surface area contributed by atoms with Gasteiger partial charge in [0.05, 0.1) is 10.5 Å². The summed E-state index contributed by atoms with van der Waals surface area (Å²) in [6.07, 6.45) is 3.32. The van der Waals surface area contributed by atoms with E-state index in [0.717, 1.165) is 25.7 Å². The first kappa shape index (κ1) is 21.4. The van der Waals surface area contributed by atoms with Crippen molar-refractivity contribution in [1.29, 1.82) is 0 Å². The summed E-state index contributed by atoms with van der Waals surface area (Å²) in [4.78, 5) is 35.2. The Morgan fingerprint density at radius 3 is 2.56 bits per heavy atom. The Kier molecular flexibility index (Phi) is 7.85. The second-order valence-electron chi connectivity index (χ2n) is 6.31. The number of anilines is 1. The molecule has 0 aliphatic heterocycles. The average molecular weight is 462 g/mol. The van der Waals surface area contributed by atoms with E-state index in [-0.39, 0.29) is 40.8 Å². The monoisotopic (exact) mass is 460 g/mol. The fraction of sp³-hybridized carbons (Fsp3) is 0.529. The number of nitro benzene ring substituents is 1. The lowest BCUT2D eigenvalue weighted by Crippen LogP contribution is -2.49. The number of nitrogens with zero attached hydrogens (tertiary/aromatic N) is 1. The molecule has 27 heavy (non-hydrogen) atoms. The molecule has 0 aromatic heterocycles. The zero-order valence-corrected chi connectivity index (χ0v) is 17.2. The second kappa shape index (κ2) is 9.89. The number of hydrogen-bond acceptors (Lipinski definition) is 5. The molecule has 2 rings (SSSR count). The molecule has 1 aliphatic carbocycles. The van der Waals surface area contributed by atoms with Crippen molar-refractivity contribution >= 4 is 50.7 Å². The van der Waals surface area contributed by atoms with Gasteiger partial charge in [0.1, 0.15) is 11.6 Å². The SMILES string of the molecule is CCNC(=O)c1cc(Br)cc([N+](=O)[O-])c1N[C@@H]1CCCC[C@@H]1NC(=O)CCl. The maximum atomic E-state index is 12.5. The Morgan fingerprint density at radius 2 is 1.96 bits per heavy atom. The van der Waals surface area contributed by atoms with Gasteiger partial charge in [-0.2, -0.15) is 0 Å². The molecule has 0 radical (unpaired) electrons. The first-order valence-electron chi connectivity index (χ1n) is 8.75. The summed E-state index contributed by atoms with van der Waals surface area (Å²) in [6.45, 7) is 2.17. The molecule has 148 valence electrons. The van der Waals surface area contributed by atoms with Crippen LogP contribution in [0.3, 0.4) is 0 Å². The number of benzene rings is 1. The minimum atomic E-state index is -0.523. The van der Waals surface area contributed by atoms with Gasteiger partial charge < -0.3 is 16.0 Å². The Morgan fingerprint density at radius 1 is 1.30 bits per heavy atom. The van der Waals surface area contributed by atoms with Crippen molar-refractivity contribution in [2.45, 2.75) is 44.7 Å². The molecule has 2 atom stereocenters. The Labute approximate surface area is 170 Å². The van der Waals surface area contributed by atoms with Crippen molar-refractivity contribution in [1.82, 2.24) is 10.6 Å². The van der Waals surface area contributed by atoms with Gasteiger partial charge in [0, 0.05) is 29.2 Å². The van der Waals surface area contributed by atoms with Crippen LogP contribution in [-0.4, -0.2) is 41.2 Å². The van der Waals surface area contributed by atoms with Crippen LogP contribution in [-0.2, 0) is 4.79 Å². The van der Waals surface area contributed by atoms with Crippen LogP contribution < -0.4 is 16.0 Å². The van der Waals surface area contributed by atoms with Crippen molar-refractivity contribution in [2.75, 3.05) is 17.7 Å². The van der Waals surface area contributed by atoms with Gasteiger partial charge in [-0.3, -0.25) is 19.7 Å². The summed E-state index contributed by atoms with van der Waals surface area (Å²) in [7, 11) is 0. The lowest BCUT2D eigenvalue weighted by molar-refractivity contribution is -0.384. The van der Waals surface area contributed by atoms with E-state index in [4.69, 9.17) is 11.6 Å². The quantitative estimate of drug-likeness (QED) is 0.328. The molecule has 0 spiro atoms. The Hall–Kier alpha value is -1.87. The molecule has 3 N–H and O–H groups in total. The van der Waals surface area contributed by atoms with Gasteiger partial charge in [-0.05, 0) is 25.8 Å². The van der Waals surface area contributed by atoms with Gasteiger partial charge in [-0.15, -0.1) is 11.6 Å². The highest BCUT2D eigenvalue weighted by molar-refractivity contribution is 9.10. The topological polar surface area (TPSA) is 113 Å². The lowest BCUT2D eigenvalue weighted by Gasteiger charge is -2.33. The van der Waals surface area contributed by atoms with E-state index in [1.807, 2.05) is 0 Å². The molecule has 1 aromatic rings. The number of carbonyl (C=O) groups excluding carboxylic acids is 2. The van der Waals surface area contributed by atoms with Crippen LogP contribution in [0.2, 0.25) is 0 Å². The van der Waals surface area contributed by atoms with Crippen LogP contribution in [0.4, 0.5) is 11.4 Å². The third-order valence-electron chi connectivity index (χ3n) is 4.42. The van der Waals surface area contributed by atoms with Gasteiger partial charge in [0.15, 0.2) is 0 Å². The summed E-state index contributed by atoms with van der Waals surface area (Å²) in [5.41, 5.74) is 0.149. The molecule has 0 bridgehead atoms. The summed E-state index contributed by atoms with van der Waals surface area (Å²) >= 11 is 8.82. The molecule has 1 aromatic carbocycles. The fourth-order valence-corrected chi connectivity index (χ4v) is 3.75. The number of carbonyl (C=O) groups is 2. The number of rotatable bonds is 7. The van der Waals surface area contributed by atoms with Crippen LogP contribution in [0, 0.1) is 10.1 Å². The van der Waals surface area contributed by atoms with Gasteiger partial charge in [-0.25, -0.2) is 0 Å². The number of halogens is 2. The van der Waals surface area contributed by atoms with E-state index < -0.39 is 10.8 Å². The van der Waals surface area contributed by atoms with Crippen molar-refractivity contribution in [2.24, 2.45) is 0 Å². The predicted molar refractivity (Wildman–Crippen MR) is 107 cm³/mol. The van der Waals surface area contributed by atoms with Crippen LogP contribution in [0.5, 0.6) is 0 Å². The van der Waals surface area contributed by atoms with E-state index in [1.165, 1.54) is 6.07 Å². The molecule has 1 saturated carbocycles. The number of nitrogens with one attached hydrogen (secondary N) is 3. The average Bonchev–Trinajstić information content (AvgIpc) is 2.64. The molecule has 1 fully saturated rings. The van der Waals surface area contributed by atoms with Gasteiger partial charge in [0.25, 0.3) is 11.6 Å². The van der Waals surface area contributed by atoms with Gasteiger partial charge in [-0.1, -0.05) is 28.8 Å². The summed E-state index contributed by atoms with van der Waals surface area (Å²) in [5, 5.41) is 20.3. The fourth-order valence-electron chi connectivity index (χ4n) is 3.23. The third-order valence-corrected chi connectivity index (χ3v) is 5.12. The smallest absolute Gasteiger partial charge is 0.294 e. The summed E-state index contributed by atoms with van der Waals surface area (Å²) < 4.78 is 0.441. The van der Waals surface area contributed by atoms with E-state index in [2.05, 4.69) is 31.9 Å². The van der Waals surface area contributed by atoms with Crippen molar-refractivity contribution in [3.05, 3.63) is 32.3 Å². The minimum Gasteiger partial charge on any atom is -0.374 e. The number of amides is 2. The maximum Gasteiger partial charge on any atom is 0.294 e. The highest BCUT2D eigenvalue weighted by Crippen LogP contribution is 2.35. The molecule has 8 nitrogen and oxygen atoms in total. The van der Waals surface area contributed by atoms with E-state index in [0.29, 0.717) is 11.0 Å². The maximum absolute atomic E-state index is 12.5. The minimum absolute atomic E-state index is 0.147. The predicted octanol–water partition coefficient (Wildman–Crippen LogP) is 3.19. The van der Waals surface area contributed by atoms with Gasteiger partial charge in [0.2, 0.25) is 5.91 Å². The first-order valence-corrected chi connectivity index (χ1v) is 10.1. The molecule has 10 heteroatoms. The molecule has 0 saturated heterocycles. The molecule has 0 unspecified atom stereocenters. The normalized spacial score (nSPS) is 19.2. The zero-order valence-electron chi connectivity index (χ0n) is 14.9. The first-order chi connectivity index (χ1) is 12.9. The Bertz CT molecular complexity index is 731. The second-order valence-corrected chi connectivity index (χ2v) is 7.49. The zero-order chi connectivity index (χ0) is 20.0. The molecule has 1 aliphatic rings. The van der Waals surface area contributed by atoms with Crippen LogP contribution in [0.1, 0.15) is 43.0 Å². The number of alkyl halides is 1. The largest absolute Gasteiger partial charge is 0.374 e. The van der Waals surface area contributed by atoms with E-state index in [9.17, 15) is 19.7 Å². The number of nitro groups is 1. The molecular weight excluding hydrogens is 440 g/mol. The number of hydrogen-bond donors (Lipinski definition) is 3. The van der Waals surface area contributed by atoms with Crippen LogP contribution in [0.15, 0.2) is 16.6 Å². The highest BCUT2D eigenvalue weighted by Gasteiger charge is 2.31. The molecule has 0 heterocycles. The van der Waals surface area contributed by atoms with Crippen LogP contribution in [0.25, 0.3) is 0 Å². The summed E-state index contributed by atoms with van der Waals surface area (Å²) in [6, 6.07) is 2.46. The van der Waals surface area contributed by atoms with Crippen LogP contribution >= 0.6 is 27.5 Å². The van der Waals surface area contributed by atoms with Crippen molar-refractivity contribution in [3.63, 3.8) is 0 Å². The van der Waals surface area contributed by atoms with Crippen molar-refractivity contribution in [3.8, 4) is 0 Å². The Balaban J connectivity index is 2.40.